The number of carbonyl (C=O) groups excluding carboxylic acids is 1. The van der Waals surface area contributed by atoms with Crippen molar-refractivity contribution in [1.82, 2.24) is 15.3 Å². The summed E-state index contributed by atoms with van der Waals surface area (Å²) in [5.74, 6) is 0.278. The Morgan fingerprint density at radius 1 is 1.09 bits per heavy atom. The van der Waals surface area contributed by atoms with Gasteiger partial charge in [0.05, 0.1) is 11.2 Å². The molecule has 166 valence electrons. The number of aromatic nitrogens is 2. The zero-order chi connectivity index (χ0) is 22.5. The Morgan fingerprint density at radius 3 is 2.62 bits per heavy atom. The van der Waals surface area contributed by atoms with Gasteiger partial charge in [0.25, 0.3) is 0 Å². The first-order valence-electron chi connectivity index (χ1n) is 10.7. The number of hydrogen-bond acceptors (Lipinski definition) is 5. The first-order chi connectivity index (χ1) is 15.5. The molecule has 0 saturated heterocycles. The van der Waals surface area contributed by atoms with Gasteiger partial charge in [-0.25, -0.2) is 24.5 Å². The van der Waals surface area contributed by atoms with Crippen molar-refractivity contribution in [3.63, 3.8) is 0 Å². The standard InChI is InChI=1S/C24H26N4O4/c1-16-20-12-5-6-13-21(20)27-22(25-16)28(19-11-7-10-18(14-19)26-23(29)30)24(31)32-15-17-8-3-2-4-9-17/h2-6,8-9,12-13,18-19,26H,7,10-11,14-15H2,1H3,(H,29,30)/t18-,19-/m0/s1. The molecular weight excluding hydrogens is 408 g/mol. The van der Waals surface area contributed by atoms with Crippen LogP contribution in [0.1, 0.15) is 36.9 Å². The van der Waals surface area contributed by atoms with Crippen LogP contribution in [0.2, 0.25) is 0 Å². The molecule has 0 unspecified atom stereocenters. The number of ether oxygens (including phenoxy) is 1. The summed E-state index contributed by atoms with van der Waals surface area (Å²) in [6, 6.07) is 16.6. The topological polar surface area (TPSA) is 105 Å². The van der Waals surface area contributed by atoms with Crippen LogP contribution in [-0.4, -0.2) is 39.3 Å². The first-order valence-corrected chi connectivity index (χ1v) is 10.7. The molecule has 8 heteroatoms. The molecule has 1 saturated carbocycles. The third-order valence-corrected chi connectivity index (χ3v) is 5.74. The maximum Gasteiger partial charge on any atom is 0.417 e. The van der Waals surface area contributed by atoms with E-state index in [4.69, 9.17) is 9.84 Å². The normalized spacial score (nSPS) is 18.2. The molecule has 0 aliphatic heterocycles. The van der Waals surface area contributed by atoms with E-state index < -0.39 is 12.2 Å². The van der Waals surface area contributed by atoms with Crippen molar-refractivity contribution >= 4 is 29.0 Å². The second kappa shape index (κ2) is 9.64. The number of aryl methyl sites for hydroxylation is 1. The van der Waals surface area contributed by atoms with Gasteiger partial charge in [0.1, 0.15) is 6.61 Å². The van der Waals surface area contributed by atoms with Crippen molar-refractivity contribution in [1.29, 1.82) is 0 Å². The van der Waals surface area contributed by atoms with Gasteiger partial charge in [-0.1, -0.05) is 48.5 Å². The lowest BCUT2D eigenvalue weighted by Crippen LogP contribution is -2.49. The summed E-state index contributed by atoms with van der Waals surface area (Å²) in [4.78, 5) is 35.2. The lowest BCUT2D eigenvalue weighted by molar-refractivity contribution is 0.141. The minimum Gasteiger partial charge on any atom is -0.465 e. The number of carboxylic acid groups (broad SMARTS) is 1. The van der Waals surface area contributed by atoms with Gasteiger partial charge in [0.2, 0.25) is 5.95 Å². The molecule has 1 aromatic heterocycles. The summed E-state index contributed by atoms with van der Waals surface area (Å²) in [6.07, 6.45) is 1.10. The summed E-state index contributed by atoms with van der Waals surface area (Å²) in [6.45, 7) is 2.02. The van der Waals surface area contributed by atoms with Crippen molar-refractivity contribution < 1.29 is 19.4 Å². The fourth-order valence-electron chi connectivity index (χ4n) is 4.21. The van der Waals surface area contributed by atoms with Gasteiger partial charge < -0.3 is 15.2 Å². The number of anilines is 1. The summed E-state index contributed by atoms with van der Waals surface area (Å²) in [5.41, 5.74) is 2.39. The smallest absolute Gasteiger partial charge is 0.417 e. The number of rotatable bonds is 5. The number of nitrogens with zero attached hydrogens (tertiary/aromatic N) is 3. The molecule has 2 amide bonds. The molecule has 1 aliphatic carbocycles. The third-order valence-electron chi connectivity index (χ3n) is 5.74. The molecular formula is C24H26N4O4. The highest BCUT2D eigenvalue weighted by Gasteiger charge is 2.34. The highest BCUT2D eigenvalue weighted by atomic mass is 16.6. The Labute approximate surface area is 186 Å². The van der Waals surface area contributed by atoms with Crippen molar-refractivity contribution in [2.75, 3.05) is 4.90 Å². The van der Waals surface area contributed by atoms with Gasteiger partial charge in [-0.05, 0) is 44.2 Å². The Bertz CT molecular complexity index is 1110. The van der Waals surface area contributed by atoms with Crippen LogP contribution < -0.4 is 10.2 Å². The molecule has 2 aromatic carbocycles. The van der Waals surface area contributed by atoms with Gasteiger partial charge >= 0.3 is 12.2 Å². The number of nitrogens with one attached hydrogen (secondary N) is 1. The van der Waals surface area contributed by atoms with Crippen molar-refractivity contribution in [3.05, 3.63) is 65.9 Å². The van der Waals surface area contributed by atoms with Gasteiger partial charge in [0, 0.05) is 17.5 Å². The zero-order valence-corrected chi connectivity index (χ0v) is 17.9. The first kappa shape index (κ1) is 21.5. The second-order valence-electron chi connectivity index (χ2n) is 8.00. The van der Waals surface area contributed by atoms with Gasteiger partial charge in [-0.2, -0.15) is 0 Å². The molecule has 32 heavy (non-hydrogen) atoms. The highest BCUT2D eigenvalue weighted by Crippen LogP contribution is 2.28. The number of carbonyl (C=O) groups is 2. The Balaban J connectivity index is 1.64. The quantitative estimate of drug-likeness (QED) is 0.605. The number of para-hydroxylation sites is 1. The van der Waals surface area contributed by atoms with Crippen molar-refractivity contribution in [2.45, 2.75) is 51.3 Å². The lowest BCUT2D eigenvalue weighted by Gasteiger charge is -2.35. The van der Waals surface area contributed by atoms with Crippen LogP contribution in [0, 0.1) is 6.92 Å². The lowest BCUT2D eigenvalue weighted by atomic mass is 9.90. The monoisotopic (exact) mass is 434 g/mol. The molecule has 0 radical (unpaired) electrons. The molecule has 1 heterocycles. The van der Waals surface area contributed by atoms with Crippen LogP contribution in [0.5, 0.6) is 0 Å². The van der Waals surface area contributed by atoms with E-state index in [1.165, 1.54) is 4.90 Å². The molecule has 4 rings (SSSR count). The Hall–Kier alpha value is -3.68. The van der Waals surface area contributed by atoms with E-state index in [-0.39, 0.29) is 24.6 Å². The molecule has 0 spiro atoms. The fourth-order valence-corrected chi connectivity index (χ4v) is 4.21. The number of hydrogen-bond donors (Lipinski definition) is 2. The summed E-state index contributed by atoms with van der Waals surface area (Å²) >= 11 is 0. The molecule has 1 aliphatic rings. The van der Waals surface area contributed by atoms with Crippen LogP contribution in [-0.2, 0) is 11.3 Å². The number of benzene rings is 2. The van der Waals surface area contributed by atoms with Gasteiger partial charge in [-0.15, -0.1) is 0 Å². The SMILES string of the molecule is Cc1nc(N(C(=O)OCc2ccccc2)[C@H]2CCC[C@H](NC(=O)O)C2)nc2ccccc12. The molecule has 3 aromatic rings. The van der Waals surface area contributed by atoms with Gasteiger partial charge in [-0.3, -0.25) is 0 Å². The molecule has 2 N–H and O–H groups in total. The summed E-state index contributed by atoms with van der Waals surface area (Å²) in [7, 11) is 0. The van der Waals surface area contributed by atoms with Crippen molar-refractivity contribution in [3.8, 4) is 0 Å². The van der Waals surface area contributed by atoms with E-state index in [0.29, 0.717) is 12.8 Å². The second-order valence-corrected chi connectivity index (χ2v) is 8.00. The van der Waals surface area contributed by atoms with Gasteiger partial charge in [0.15, 0.2) is 0 Å². The largest absolute Gasteiger partial charge is 0.465 e. The van der Waals surface area contributed by atoms with E-state index in [2.05, 4.69) is 15.3 Å². The van der Waals surface area contributed by atoms with Crippen LogP contribution >= 0.6 is 0 Å². The Kier molecular flexibility index (Phi) is 6.49. The molecule has 2 atom stereocenters. The summed E-state index contributed by atoms with van der Waals surface area (Å²) in [5, 5.41) is 12.6. The van der Waals surface area contributed by atoms with E-state index in [9.17, 15) is 9.59 Å². The van der Waals surface area contributed by atoms with E-state index in [1.807, 2.05) is 61.5 Å². The third kappa shape index (κ3) is 4.96. The predicted octanol–water partition coefficient (Wildman–Crippen LogP) is 4.66. The van der Waals surface area contributed by atoms with E-state index in [1.54, 1.807) is 0 Å². The van der Waals surface area contributed by atoms with Crippen LogP contribution in [0.15, 0.2) is 54.6 Å². The van der Waals surface area contributed by atoms with E-state index in [0.717, 1.165) is 35.0 Å². The average Bonchev–Trinajstić information content (AvgIpc) is 2.78. The van der Waals surface area contributed by atoms with E-state index >= 15 is 0 Å². The minimum absolute atomic E-state index is 0.131. The molecule has 8 nitrogen and oxygen atoms in total. The minimum atomic E-state index is -1.06. The highest BCUT2D eigenvalue weighted by molar-refractivity contribution is 5.89. The van der Waals surface area contributed by atoms with Crippen LogP contribution in [0.3, 0.4) is 0 Å². The average molecular weight is 434 g/mol. The zero-order valence-electron chi connectivity index (χ0n) is 17.9. The maximum absolute atomic E-state index is 13.3. The van der Waals surface area contributed by atoms with Crippen molar-refractivity contribution in [2.24, 2.45) is 0 Å². The number of amides is 2. The fraction of sp³-hybridized carbons (Fsp3) is 0.333. The van der Waals surface area contributed by atoms with Crippen LogP contribution in [0.25, 0.3) is 10.9 Å². The number of fused-ring (bicyclic) bond motifs is 1. The maximum atomic E-state index is 13.3. The summed E-state index contributed by atoms with van der Waals surface area (Å²) < 4.78 is 5.64. The molecule has 1 fully saturated rings. The predicted molar refractivity (Wildman–Crippen MR) is 121 cm³/mol. The molecule has 0 bridgehead atoms. The Morgan fingerprint density at radius 2 is 1.84 bits per heavy atom. The van der Waals surface area contributed by atoms with Crippen LogP contribution in [0.4, 0.5) is 15.5 Å².